The number of ketones is 1. The number of Topliss-reactive ketones (excluding diaryl/α,β-unsaturated/α-hetero) is 1. The predicted molar refractivity (Wildman–Crippen MR) is 150 cm³/mol. The maximum atomic E-state index is 13.8. The zero-order valence-corrected chi connectivity index (χ0v) is 22.9. The molecule has 0 radical (unpaired) electrons. The van der Waals surface area contributed by atoms with Crippen LogP contribution in [0.3, 0.4) is 0 Å². The fourth-order valence-electron chi connectivity index (χ4n) is 4.42. The summed E-state index contributed by atoms with van der Waals surface area (Å²) in [6.45, 7) is 0.739. The molecule has 1 fully saturated rings. The van der Waals surface area contributed by atoms with Gasteiger partial charge in [-0.2, -0.15) is 0 Å². The number of benzene rings is 3. The molecule has 1 atom stereocenters. The Hall–Kier alpha value is -3.93. The summed E-state index contributed by atoms with van der Waals surface area (Å²) in [5.41, 5.74) is 1.56. The van der Waals surface area contributed by atoms with Crippen LogP contribution in [0.2, 0.25) is 5.02 Å². The molecule has 3 heterocycles. The average Bonchev–Trinajstić information content (AvgIpc) is 3.54. The fourth-order valence-corrected chi connectivity index (χ4v) is 6.37. The van der Waals surface area contributed by atoms with Gasteiger partial charge in [-0.15, -0.1) is 10.2 Å². The summed E-state index contributed by atoms with van der Waals surface area (Å²) in [5, 5.41) is 20.6. The standard InChI is InChI=1S/C28H19ClFN3O5S2/c29-18-6-1-15(2-7-18)14-39-28-32-31-27(40-28)33-23(16-3-8-19(30)9-4-16)22(25(35)26(33)36)24(34)17-5-10-20-21(13-17)38-12-11-37-20/h1-10,13,23,34H,11-12,14H2/b24-22+. The largest absolute Gasteiger partial charge is 0.507 e. The molecule has 8 nitrogen and oxygen atoms in total. The van der Waals surface area contributed by atoms with Gasteiger partial charge in [-0.3, -0.25) is 14.5 Å². The molecule has 1 saturated heterocycles. The molecule has 4 aromatic rings. The number of carbonyl (C=O) groups excluding carboxylic acids is 2. The number of amides is 1. The minimum Gasteiger partial charge on any atom is -0.507 e. The lowest BCUT2D eigenvalue weighted by molar-refractivity contribution is -0.132. The number of aromatic nitrogens is 2. The first-order valence-corrected chi connectivity index (χ1v) is 14.2. The third-order valence-electron chi connectivity index (χ3n) is 6.32. The van der Waals surface area contributed by atoms with Crippen molar-refractivity contribution in [1.82, 2.24) is 10.2 Å². The molecule has 0 saturated carbocycles. The molecule has 6 rings (SSSR count). The number of carbonyl (C=O) groups is 2. The van der Waals surface area contributed by atoms with Crippen LogP contribution in [-0.4, -0.2) is 40.2 Å². The van der Waals surface area contributed by atoms with E-state index in [1.54, 1.807) is 30.3 Å². The molecule has 1 N–H and O–H groups in total. The van der Waals surface area contributed by atoms with Crippen molar-refractivity contribution in [3.8, 4) is 11.5 Å². The maximum absolute atomic E-state index is 13.8. The summed E-state index contributed by atoms with van der Waals surface area (Å²) in [5.74, 6) is -1.13. The highest BCUT2D eigenvalue weighted by molar-refractivity contribution is 8.00. The molecule has 2 aliphatic heterocycles. The monoisotopic (exact) mass is 595 g/mol. The normalized spacial score (nSPS) is 17.9. The Morgan fingerprint density at radius 1 is 1.02 bits per heavy atom. The molecular weight excluding hydrogens is 577 g/mol. The van der Waals surface area contributed by atoms with Crippen LogP contribution in [0.15, 0.2) is 76.6 Å². The van der Waals surface area contributed by atoms with Crippen LogP contribution in [0.4, 0.5) is 9.52 Å². The van der Waals surface area contributed by atoms with Gasteiger partial charge in [0.1, 0.15) is 24.8 Å². The number of rotatable bonds is 6. The molecule has 2 aliphatic rings. The average molecular weight is 596 g/mol. The van der Waals surface area contributed by atoms with E-state index < -0.39 is 29.3 Å². The molecule has 1 amide bonds. The van der Waals surface area contributed by atoms with E-state index in [1.165, 1.54) is 40.9 Å². The van der Waals surface area contributed by atoms with E-state index in [1.807, 2.05) is 12.1 Å². The summed E-state index contributed by atoms with van der Waals surface area (Å²) in [7, 11) is 0. The van der Waals surface area contributed by atoms with Crippen LogP contribution in [0.25, 0.3) is 5.76 Å². The van der Waals surface area contributed by atoms with E-state index in [0.29, 0.717) is 45.4 Å². The lowest BCUT2D eigenvalue weighted by atomic mass is 9.95. The van der Waals surface area contributed by atoms with Crippen LogP contribution in [0.5, 0.6) is 11.5 Å². The second kappa shape index (κ2) is 10.9. The number of aliphatic hydroxyl groups is 1. The highest BCUT2D eigenvalue weighted by Crippen LogP contribution is 2.45. The Morgan fingerprint density at radius 3 is 2.50 bits per heavy atom. The number of aliphatic hydroxyl groups excluding tert-OH is 1. The van der Waals surface area contributed by atoms with Crippen LogP contribution in [0.1, 0.15) is 22.7 Å². The number of thioether (sulfide) groups is 1. The minimum absolute atomic E-state index is 0.154. The van der Waals surface area contributed by atoms with Gasteiger partial charge in [0, 0.05) is 16.3 Å². The fraction of sp³-hybridized carbons (Fsp3) is 0.143. The number of halogens is 2. The number of nitrogens with zero attached hydrogens (tertiary/aromatic N) is 3. The zero-order chi connectivity index (χ0) is 27.8. The summed E-state index contributed by atoms with van der Waals surface area (Å²) in [6.07, 6.45) is 0. The summed E-state index contributed by atoms with van der Waals surface area (Å²) >= 11 is 8.52. The Morgan fingerprint density at radius 2 is 1.75 bits per heavy atom. The van der Waals surface area contributed by atoms with E-state index >= 15 is 0 Å². The quantitative estimate of drug-likeness (QED) is 0.0949. The van der Waals surface area contributed by atoms with Gasteiger partial charge in [-0.1, -0.05) is 59.0 Å². The highest BCUT2D eigenvalue weighted by Gasteiger charge is 2.48. The van der Waals surface area contributed by atoms with Crippen molar-refractivity contribution in [3.63, 3.8) is 0 Å². The number of fused-ring (bicyclic) bond motifs is 1. The van der Waals surface area contributed by atoms with E-state index in [9.17, 15) is 19.1 Å². The van der Waals surface area contributed by atoms with Crippen molar-refractivity contribution < 1.29 is 28.6 Å². The smallest absolute Gasteiger partial charge is 0.301 e. The van der Waals surface area contributed by atoms with Gasteiger partial charge in [-0.05, 0) is 53.6 Å². The van der Waals surface area contributed by atoms with Crippen molar-refractivity contribution >= 4 is 57.3 Å². The van der Waals surface area contributed by atoms with Crippen molar-refractivity contribution in [2.24, 2.45) is 0 Å². The van der Waals surface area contributed by atoms with Gasteiger partial charge in [0.05, 0.1) is 11.6 Å². The lowest BCUT2D eigenvalue weighted by Gasteiger charge is -2.23. The molecular formula is C28H19ClFN3O5S2. The first-order valence-electron chi connectivity index (χ1n) is 12.1. The molecule has 40 heavy (non-hydrogen) atoms. The van der Waals surface area contributed by atoms with Crippen molar-refractivity contribution in [2.45, 2.75) is 16.1 Å². The molecule has 0 bridgehead atoms. The molecule has 3 aromatic carbocycles. The van der Waals surface area contributed by atoms with E-state index in [0.717, 1.165) is 16.9 Å². The third kappa shape index (κ3) is 5.03. The SMILES string of the molecule is O=C1C(=O)N(c2nnc(SCc3ccc(Cl)cc3)s2)C(c2ccc(F)cc2)/C1=C(\O)c1ccc2c(c1)OCCO2. The number of hydrogen-bond donors (Lipinski definition) is 1. The van der Waals surface area contributed by atoms with Gasteiger partial charge in [-0.25, -0.2) is 4.39 Å². The third-order valence-corrected chi connectivity index (χ3v) is 8.70. The molecule has 1 unspecified atom stereocenters. The Balaban J connectivity index is 1.38. The van der Waals surface area contributed by atoms with E-state index in [4.69, 9.17) is 21.1 Å². The van der Waals surface area contributed by atoms with Crippen LogP contribution < -0.4 is 14.4 Å². The van der Waals surface area contributed by atoms with Gasteiger partial charge in [0.25, 0.3) is 5.78 Å². The maximum Gasteiger partial charge on any atom is 0.301 e. The summed E-state index contributed by atoms with van der Waals surface area (Å²) in [4.78, 5) is 28.0. The molecule has 1 aromatic heterocycles. The van der Waals surface area contributed by atoms with Gasteiger partial charge >= 0.3 is 5.91 Å². The van der Waals surface area contributed by atoms with Crippen molar-refractivity contribution in [3.05, 3.63) is 99.8 Å². The Kier molecular flexibility index (Phi) is 7.18. The van der Waals surface area contributed by atoms with Gasteiger partial charge in [0.2, 0.25) is 5.13 Å². The van der Waals surface area contributed by atoms with Gasteiger partial charge < -0.3 is 14.6 Å². The molecule has 0 aliphatic carbocycles. The number of hydrogen-bond acceptors (Lipinski definition) is 9. The second-order valence-electron chi connectivity index (χ2n) is 8.84. The van der Waals surface area contributed by atoms with E-state index in [-0.39, 0.29) is 16.3 Å². The minimum atomic E-state index is -1.06. The predicted octanol–water partition coefficient (Wildman–Crippen LogP) is 6.02. The van der Waals surface area contributed by atoms with Crippen molar-refractivity contribution in [2.75, 3.05) is 18.1 Å². The molecule has 12 heteroatoms. The first kappa shape index (κ1) is 26.3. The molecule has 0 spiro atoms. The lowest BCUT2D eigenvalue weighted by Crippen LogP contribution is -2.29. The first-order chi connectivity index (χ1) is 19.4. The second-order valence-corrected chi connectivity index (χ2v) is 11.5. The van der Waals surface area contributed by atoms with Gasteiger partial charge in [0.15, 0.2) is 15.8 Å². The van der Waals surface area contributed by atoms with Crippen LogP contribution >= 0.6 is 34.7 Å². The topological polar surface area (TPSA) is 102 Å². The van der Waals surface area contributed by atoms with Crippen LogP contribution in [-0.2, 0) is 15.3 Å². The Labute approximate surface area is 241 Å². The van der Waals surface area contributed by atoms with Crippen molar-refractivity contribution in [1.29, 1.82) is 0 Å². The Bertz CT molecular complexity index is 1640. The summed E-state index contributed by atoms with van der Waals surface area (Å²) < 4.78 is 25.6. The highest BCUT2D eigenvalue weighted by atomic mass is 35.5. The van der Waals surface area contributed by atoms with Crippen LogP contribution in [0, 0.1) is 5.82 Å². The molecule has 202 valence electrons. The number of ether oxygens (including phenoxy) is 2. The zero-order valence-electron chi connectivity index (χ0n) is 20.5. The summed E-state index contributed by atoms with van der Waals surface area (Å²) in [6, 6.07) is 16.5. The van der Waals surface area contributed by atoms with E-state index in [2.05, 4.69) is 10.2 Å². The number of anilines is 1.